The molecule has 0 aromatic heterocycles. The molecule has 1 N–H and O–H groups in total. The SMILES string of the molecule is CCCCSCCCC(C)(NCCC)C(=O)OCC. The topological polar surface area (TPSA) is 38.3 Å². The maximum atomic E-state index is 12.0. The van der Waals surface area contributed by atoms with Crippen molar-refractivity contribution in [1.82, 2.24) is 5.32 Å². The van der Waals surface area contributed by atoms with Crippen molar-refractivity contribution in [3.05, 3.63) is 0 Å². The number of carbonyl (C=O) groups excluding carboxylic acids is 1. The van der Waals surface area contributed by atoms with Gasteiger partial charge in [-0.2, -0.15) is 11.8 Å². The average molecular weight is 289 g/mol. The highest BCUT2D eigenvalue weighted by atomic mass is 32.2. The van der Waals surface area contributed by atoms with Crippen LogP contribution < -0.4 is 5.32 Å². The summed E-state index contributed by atoms with van der Waals surface area (Å²) >= 11 is 1.99. The zero-order chi connectivity index (χ0) is 14.6. The molecule has 0 amide bonds. The Kier molecular flexibility index (Phi) is 11.5. The number of thioether (sulfide) groups is 1. The van der Waals surface area contributed by atoms with E-state index in [1.165, 1.54) is 18.6 Å². The molecule has 0 radical (unpaired) electrons. The van der Waals surface area contributed by atoms with Crippen molar-refractivity contribution < 1.29 is 9.53 Å². The molecule has 0 saturated carbocycles. The summed E-state index contributed by atoms with van der Waals surface area (Å²) < 4.78 is 5.19. The first-order valence-corrected chi connectivity index (χ1v) is 8.76. The maximum Gasteiger partial charge on any atom is 0.326 e. The van der Waals surface area contributed by atoms with Gasteiger partial charge in [-0.25, -0.2) is 0 Å². The fraction of sp³-hybridized carbons (Fsp3) is 0.933. The predicted octanol–water partition coefficient (Wildman–Crippen LogP) is 3.62. The lowest BCUT2D eigenvalue weighted by Gasteiger charge is -2.28. The number of hydrogen-bond donors (Lipinski definition) is 1. The number of esters is 1. The molecule has 0 fully saturated rings. The maximum absolute atomic E-state index is 12.0. The van der Waals surface area contributed by atoms with Crippen molar-refractivity contribution in [3.63, 3.8) is 0 Å². The first-order chi connectivity index (χ1) is 9.10. The predicted molar refractivity (Wildman–Crippen MR) is 84.8 cm³/mol. The molecule has 0 aromatic rings. The minimum atomic E-state index is -0.517. The molecule has 0 bridgehead atoms. The van der Waals surface area contributed by atoms with Crippen LogP contribution in [0.25, 0.3) is 0 Å². The summed E-state index contributed by atoms with van der Waals surface area (Å²) in [5.74, 6) is 2.25. The number of ether oxygens (including phenoxy) is 1. The zero-order valence-electron chi connectivity index (χ0n) is 13.1. The minimum Gasteiger partial charge on any atom is -0.465 e. The van der Waals surface area contributed by atoms with Crippen molar-refractivity contribution in [2.24, 2.45) is 0 Å². The van der Waals surface area contributed by atoms with E-state index in [9.17, 15) is 4.79 Å². The number of carbonyl (C=O) groups is 1. The number of unbranched alkanes of at least 4 members (excludes halogenated alkanes) is 1. The molecule has 3 nitrogen and oxygen atoms in total. The second-order valence-electron chi connectivity index (χ2n) is 5.05. The summed E-state index contributed by atoms with van der Waals surface area (Å²) in [4.78, 5) is 12.0. The molecule has 0 rings (SSSR count). The Bertz CT molecular complexity index is 236. The van der Waals surface area contributed by atoms with Crippen LogP contribution in [0.2, 0.25) is 0 Å². The first kappa shape index (κ1) is 18.8. The van der Waals surface area contributed by atoms with E-state index in [4.69, 9.17) is 4.74 Å². The smallest absolute Gasteiger partial charge is 0.326 e. The second kappa shape index (κ2) is 11.6. The van der Waals surface area contributed by atoms with Crippen LogP contribution in [-0.4, -0.2) is 36.2 Å². The van der Waals surface area contributed by atoms with E-state index in [1.807, 2.05) is 25.6 Å². The van der Waals surface area contributed by atoms with Gasteiger partial charge in [-0.15, -0.1) is 0 Å². The van der Waals surface area contributed by atoms with Crippen LogP contribution in [0.1, 0.15) is 59.8 Å². The van der Waals surface area contributed by atoms with Crippen LogP contribution in [0.4, 0.5) is 0 Å². The van der Waals surface area contributed by atoms with E-state index >= 15 is 0 Å². The van der Waals surface area contributed by atoms with Gasteiger partial charge < -0.3 is 10.1 Å². The molecule has 114 valence electrons. The van der Waals surface area contributed by atoms with Gasteiger partial charge in [-0.1, -0.05) is 20.3 Å². The summed E-state index contributed by atoms with van der Waals surface area (Å²) in [6, 6.07) is 0. The Morgan fingerprint density at radius 1 is 1.16 bits per heavy atom. The van der Waals surface area contributed by atoms with Gasteiger partial charge in [0.2, 0.25) is 0 Å². The second-order valence-corrected chi connectivity index (χ2v) is 6.27. The molecule has 4 heteroatoms. The van der Waals surface area contributed by atoms with Gasteiger partial charge in [0.25, 0.3) is 0 Å². The van der Waals surface area contributed by atoms with E-state index in [1.54, 1.807) is 0 Å². The zero-order valence-corrected chi connectivity index (χ0v) is 13.9. The van der Waals surface area contributed by atoms with E-state index in [2.05, 4.69) is 19.2 Å². The number of nitrogens with one attached hydrogen (secondary N) is 1. The molecule has 0 aliphatic carbocycles. The molecule has 19 heavy (non-hydrogen) atoms. The Labute approximate surface area is 123 Å². The molecular formula is C15H31NO2S. The van der Waals surface area contributed by atoms with Gasteiger partial charge in [0.05, 0.1) is 6.61 Å². The van der Waals surface area contributed by atoms with Crippen molar-refractivity contribution in [2.45, 2.75) is 65.3 Å². The largest absolute Gasteiger partial charge is 0.465 e. The normalized spacial score (nSPS) is 14.1. The number of hydrogen-bond acceptors (Lipinski definition) is 4. The fourth-order valence-electron chi connectivity index (χ4n) is 1.83. The van der Waals surface area contributed by atoms with Crippen LogP contribution in [0.5, 0.6) is 0 Å². The molecular weight excluding hydrogens is 258 g/mol. The van der Waals surface area contributed by atoms with Crippen molar-refractivity contribution in [1.29, 1.82) is 0 Å². The van der Waals surface area contributed by atoms with Crippen molar-refractivity contribution in [2.75, 3.05) is 24.7 Å². The van der Waals surface area contributed by atoms with E-state index < -0.39 is 5.54 Å². The van der Waals surface area contributed by atoms with Gasteiger partial charge in [-0.3, -0.25) is 4.79 Å². The lowest BCUT2D eigenvalue weighted by atomic mass is 9.96. The summed E-state index contributed by atoms with van der Waals surface area (Å²) in [5, 5.41) is 3.35. The highest BCUT2D eigenvalue weighted by molar-refractivity contribution is 7.99. The molecule has 0 heterocycles. The quantitative estimate of drug-likeness (QED) is 0.440. The van der Waals surface area contributed by atoms with Crippen LogP contribution in [0.15, 0.2) is 0 Å². The average Bonchev–Trinajstić information content (AvgIpc) is 2.40. The molecule has 1 atom stereocenters. The third-order valence-corrected chi connectivity index (χ3v) is 4.25. The molecule has 0 spiro atoms. The lowest BCUT2D eigenvalue weighted by Crippen LogP contribution is -2.50. The van der Waals surface area contributed by atoms with Crippen molar-refractivity contribution >= 4 is 17.7 Å². The van der Waals surface area contributed by atoms with Crippen LogP contribution in [0.3, 0.4) is 0 Å². The van der Waals surface area contributed by atoms with Crippen molar-refractivity contribution in [3.8, 4) is 0 Å². The Balaban J connectivity index is 4.08. The standard InChI is InChI=1S/C15H31NO2S/c1-5-8-12-19-13-9-10-15(4,16-11-6-2)14(17)18-7-3/h16H,5-13H2,1-4H3. The lowest BCUT2D eigenvalue weighted by molar-refractivity contribution is -0.150. The third-order valence-electron chi connectivity index (χ3n) is 3.10. The number of rotatable bonds is 12. The first-order valence-electron chi connectivity index (χ1n) is 7.60. The van der Waals surface area contributed by atoms with Crippen LogP contribution >= 0.6 is 11.8 Å². The highest BCUT2D eigenvalue weighted by Crippen LogP contribution is 2.17. The van der Waals surface area contributed by atoms with Crippen LogP contribution in [-0.2, 0) is 9.53 Å². The Morgan fingerprint density at radius 2 is 1.84 bits per heavy atom. The molecule has 0 aliphatic heterocycles. The van der Waals surface area contributed by atoms with Gasteiger partial charge in [-0.05, 0) is 57.6 Å². The van der Waals surface area contributed by atoms with Gasteiger partial charge in [0, 0.05) is 0 Å². The summed E-state index contributed by atoms with van der Waals surface area (Å²) in [6.07, 6.45) is 5.48. The van der Waals surface area contributed by atoms with E-state index in [-0.39, 0.29) is 5.97 Å². The Hall–Kier alpha value is -0.220. The van der Waals surface area contributed by atoms with Gasteiger partial charge >= 0.3 is 5.97 Å². The monoisotopic (exact) mass is 289 g/mol. The van der Waals surface area contributed by atoms with Crippen LogP contribution in [0, 0.1) is 0 Å². The molecule has 0 aromatic carbocycles. The Morgan fingerprint density at radius 3 is 2.42 bits per heavy atom. The molecule has 0 aliphatic rings. The minimum absolute atomic E-state index is 0.109. The summed E-state index contributed by atoms with van der Waals surface area (Å²) in [6.45, 7) is 9.47. The molecule has 0 saturated heterocycles. The van der Waals surface area contributed by atoms with E-state index in [0.717, 1.165) is 31.6 Å². The summed E-state index contributed by atoms with van der Waals surface area (Å²) in [7, 11) is 0. The highest BCUT2D eigenvalue weighted by Gasteiger charge is 2.33. The van der Waals surface area contributed by atoms with Gasteiger partial charge in [0.15, 0.2) is 0 Å². The molecule has 1 unspecified atom stereocenters. The summed E-state index contributed by atoms with van der Waals surface area (Å²) in [5.41, 5.74) is -0.517. The van der Waals surface area contributed by atoms with Gasteiger partial charge in [0.1, 0.15) is 5.54 Å². The van der Waals surface area contributed by atoms with E-state index in [0.29, 0.717) is 6.61 Å². The third kappa shape index (κ3) is 8.53. The fourth-order valence-corrected chi connectivity index (χ4v) is 2.88.